The number of carbonyl (C=O) groups excluding carboxylic acids is 2. The molecule has 1 aromatic carbocycles. The van der Waals surface area contributed by atoms with E-state index in [1.165, 1.54) is 18.2 Å². The molecule has 1 aliphatic carbocycles. The summed E-state index contributed by atoms with van der Waals surface area (Å²) in [5.41, 5.74) is 0.186. The first kappa shape index (κ1) is 14.1. The number of aromatic carboxylic acids is 1. The SMILES string of the molecule is O=C(O)c1cc(N2C(=O)[C@@H]3CCCC[C@H]3C2=O)ccc1Cl. The molecule has 1 aliphatic heterocycles. The quantitative estimate of drug-likeness (QED) is 0.852. The highest BCUT2D eigenvalue weighted by Crippen LogP contribution is 2.40. The summed E-state index contributed by atoms with van der Waals surface area (Å²) in [7, 11) is 0. The van der Waals surface area contributed by atoms with Gasteiger partial charge >= 0.3 is 5.97 Å². The molecule has 2 fully saturated rings. The lowest BCUT2D eigenvalue weighted by Gasteiger charge is -2.19. The highest BCUT2D eigenvalue weighted by atomic mass is 35.5. The van der Waals surface area contributed by atoms with E-state index in [0.29, 0.717) is 5.69 Å². The van der Waals surface area contributed by atoms with E-state index >= 15 is 0 Å². The minimum Gasteiger partial charge on any atom is -0.478 e. The molecule has 110 valence electrons. The number of benzene rings is 1. The first-order chi connectivity index (χ1) is 10.0. The largest absolute Gasteiger partial charge is 0.478 e. The lowest BCUT2D eigenvalue weighted by Crippen LogP contribution is -2.31. The third-order valence-corrected chi connectivity index (χ3v) is 4.61. The first-order valence-electron chi connectivity index (χ1n) is 6.91. The predicted octanol–water partition coefficient (Wildman–Crippen LogP) is 2.72. The van der Waals surface area contributed by atoms with Crippen molar-refractivity contribution in [3.05, 3.63) is 28.8 Å². The Bertz CT molecular complexity index is 619. The van der Waals surface area contributed by atoms with Crippen LogP contribution in [0.3, 0.4) is 0 Å². The normalized spacial score (nSPS) is 25.1. The van der Waals surface area contributed by atoms with E-state index in [4.69, 9.17) is 16.7 Å². The Kier molecular flexibility index (Phi) is 3.45. The van der Waals surface area contributed by atoms with Gasteiger partial charge in [-0.25, -0.2) is 4.79 Å². The van der Waals surface area contributed by atoms with Crippen LogP contribution in [0.2, 0.25) is 5.02 Å². The number of nitrogens with zero attached hydrogens (tertiary/aromatic N) is 1. The van der Waals surface area contributed by atoms with Crippen LogP contribution in [-0.2, 0) is 9.59 Å². The van der Waals surface area contributed by atoms with Gasteiger partial charge in [0, 0.05) is 0 Å². The van der Waals surface area contributed by atoms with Gasteiger partial charge in [0.1, 0.15) is 0 Å². The van der Waals surface area contributed by atoms with Gasteiger partial charge in [-0.05, 0) is 31.0 Å². The molecule has 0 aromatic heterocycles. The van der Waals surface area contributed by atoms with Gasteiger partial charge in [0.05, 0.1) is 28.1 Å². The van der Waals surface area contributed by atoms with Crippen LogP contribution in [0.1, 0.15) is 36.0 Å². The summed E-state index contributed by atoms with van der Waals surface area (Å²) in [6, 6.07) is 4.21. The fraction of sp³-hybridized carbons (Fsp3) is 0.400. The molecular formula is C15H14ClNO4. The number of amides is 2. The lowest BCUT2D eigenvalue weighted by atomic mass is 9.81. The van der Waals surface area contributed by atoms with Crippen LogP contribution in [0.25, 0.3) is 0 Å². The van der Waals surface area contributed by atoms with Crippen molar-refractivity contribution >= 4 is 35.1 Å². The molecule has 1 heterocycles. The molecule has 2 amide bonds. The Balaban J connectivity index is 2.00. The number of halogens is 1. The Morgan fingerprint density at radius 3 is 2.24 bits per heavy atom. The van der Waals surface area contributed by atoms with Crippen LogP contribution in [0.5, 0.6) is 0 Å². The number of carboxylic acid groups (broad SMARTS) is 1. The molecule has 2 aliphatic rings. The van der Waals surface area contributed by atoms with Gasteiger partial charge in [0.15, 0.2) is 0 Å². The average molecular weight is 308 g/mol. The molecule has 21 heavy (non-hydrogen) atoms. The van der Waals surface area contributed by atoms with Gasteiger partial charge in [-0.3, -0.25) is 14.5 Å². The number of carbonyl (C=O) groups is 3. The van der Waals surface area contributed by atoms with Crippen LogP contribution in [-0.4, -0.2) is 22.9 Å². The number of rotatable bonds is 2. The minimum absolute atomic E-state index is 0.0859. The van der Waals surface area contributed by atoms with E-state index in [-0.39, 0.29) is 34.2 Å². The van der Waals surface area contributed by atoms with E-state index < -0.39 is 5.97 Å². The van der Waals surface area contributed by atoms with Crippen molar-refractivity contribution < 1.29 is 19.5 Å². The third-order valence-electron chi connectivity index (χ3n) is 4.28. The molecule has 1 aromatic rings. The number of fused-ring (bicyclic) bond motifs is 1. The maximum Gasteiger partial charge on any atom is 0.337 e. The van der Waals surface area contributed by atoms with Crippen molar-refractivity contribution in [1.29, 1.82) is 0 Å². The van der Waals surface area contributed by atoms with Crippen molar-refractivity contribution in [3.8, 4) is 0 Å². The molecule has 1 saturated heterocycles. The summed E-state index contributed by atoms with van der Waals surface area (Å²) < 4.78 is 0. The molecule has 1 saturated carbocycles. The van der Waals surface area contributed by atoms with Crippen LogP contribution < -0.4 is 4.90 Å². The molecule has 3 rings (SSSR count). The summed E-state index contributed by atoms with van der Waals surface area (Å²) in [4.78, 5) is 37.1. The van der Waals surface area contributed by atoms with Crippen molar-refractivity contribution in [2.24, 2.45) is 11.8 Å². The predicted molar refractivity (Wildman–Crippen MR) is 76.4 cm³/mol. The van der Waals surface area contributed by atoms with Crippen LogP contribution >= 0.6 is 11.6 Å². The summed E-state index contributed by atoms with van der Waals surface area (Å²) in [5, 5.41) is 9.18. The van der Waals surface area contributed by atoms with E-state index in [0.717, 1.165) is 30.6 Å². The fourth-order valence-electron chi connectivity index (χ4n) is 3.23. The standard InChI is InChI=1S/C15H14ClNO4/c16-12-6-5-8(7-11(12)15(20)21)17-13(18)9-3-1-2-4-10(9)14(17)19/h5-7,9-10H,1-4H2,(H,20,21)/t9-,10-/m1/s1. The topological polar surface area (TPSA) is 74.7 Å². The zero-order valence-electron chi connectivity index (χ0n) is 11.2. The Hall–Kier alpha value is -1.88. The number of anilines is 1. The number of hydrogen-bond donors (Lipinski definition) is 1. The van der Waals surface area contributed by atoms with Crippen LogP contribution in [0.15, 0.2) is 18.2 Å². The average Bonchev–Trinajstić information content (AvgIpc) is 2.72. The van der Waals surface area contributed by atoms with Gasteiger partial charge in [0.25, 0.3) is 0 Å². The molecule has 2 atom stereocenters. The van der Waals surface area contributed by atoms with Crippen molar-refractivity contribution in [2.75, 3.05) is 4.90 Å². The van der Waals surface area contributed by atoms with Crippen molar-refractivity contribution in [3.63, 3.8) is 0 Å². The maximum atomic E-state index is 12.4. The molecule has 0 radical (unpaired) electrons. The van der Waals surface area contributed by atoms with Gasteiger partial charge in [-0.15, -0.1) is 0 Å². The van der Waals surface area contributed by atoms with Gasteiger partial charge in [-0.2, -0.15) is 0 Å². The van der Waals surface area contributed by atoms with Gasteiger partial charge in [-0.1, -0.05) is 24.4 Å². The minimum atomic E-state index is -1.18. The summed E-state index contributed by atoms with van der Waals surface area (Å²) in [6.45, 7) is 0. The summed E-state index contributed by atoms with van der Waals surface area (Å²) in [6.07, 6.45) is 3.36. The molecule has 0 unspecified atom stereocenters. The number of carboxylic acids is 1. The second-order valence-corrected chi connectivity index (χ2v) is 5.89. The third kappa shape index (κ3) is 2.21. The fourth-order valence-corrected chi connectivity index (χ4v) is 3.43. The van der Waals surface area contributed by atoms with Crippen molar-refractivity contribution in [1.82, 2.24) is 0 Å². The first-order valence-corrected chi connectivity index (χ1v) is 7.29. The van der Waals surface area contributed by atoms with Crippen LogP contribution in [0, 0.1) is 11.8 Å². The van der Waals surface area contributed by atoms with Crippen molar-refractivity contribution in [2.45, 2.75) is 25.7 Å². The summed E-state index contributed by atoms with van der Waals surface area (Å²) in [5.74, 6) is -2.13. The number of hydrogen-bond acceptors (Lipinski definition) is 3. The molecule has 6 heteroatoms. The molecule has 0 bridgehead atoms. The van der Waals surface area contributed by atoms with E-state index in [2.05, 4.69) is 0 Å². The zero-order chi connectivity index (χ0) is 15.1. The highest BCUT2D eigenvalue weighted by Gasteiger charge is 2.48. The van der Waals surface area contributed by atoms with Gasteiger partial charge in [0.2, 0.25) is 11.8 Å². The Labute approximate surface area is 126 Å². The Morgan fingerprint density at radius 1 is 1.14 bits per heavy atom. The molecule has 0 spiro atoms. The number of imide groups is 1. The monoisotopic (exact) mass is 307 g/mol. The van der Waals surface area contributed by atoms with Crippen LogP contribution in [0.4, 0.5) is 5.69 Å². The van der Waals surface area contributed by atoms with E-state index in [1.54, 1.807) is 0 Å². The second-order valence-electron chi connectivity index (χ2n) is 5.48. The summed E-state index contributed by atoms with van der Waals surface area (Å²) >= 11 is 5.82. The maximum absolute atomic E-state index is 12.4. The van der Waals surface area contributed by atoms with E-state index in [1.807, 2.05) is 0 Å². The smallest absolute Gasteiger partial charge is 0.337 e. The molecule has 5 nitrogen and oxygen atoms in total. The highest BCUT2D eigenvalue weighted by molar-refractivity contribution is 6.34. The Morgan fingerprint density at radius 2 is 1.71 bits per heavy atom. The molecular weight excluding hydrogens is 294 g/mol. The zero-order valence-corrected chi connectivity index (χ0v) is 12.0. The van der Waals surface area contributed by atoms with E-state index in [9.17, 15) is 14.4 Å². The molecule has 1 N–H and O–H groups in total. The lowest BCUT2D eigenvalue weighted by molar-refractivity contribution is -0.122. The van der Waals surface area contributed by atoms with Gasteiger partial charge < -0.3 is 5.11 Å². The second kappa shape index (κ2) is 5.15.